The predicted octanol–water partition coefficient (Wildman–Crippen LogP) is 3.70. The fraction of sp³-hybridized carbons (Fsp3) is 0.267. The second kappa shape index (κ2) is 7.87. The van der Waals surface area contributed by atoms with Gasteiger partial charge in [-0.2, -0.15) is 5.26 Å². The van der Waals surface area contributed by atoms with Gasteiger partial charge >= 0.3 is 0 Å². The number of benzene rings is 1. The highest BCUT2D eigenvalue weighted by molar-refractivity contribution is 7.99. The first kappa shape index (κ1) is 16.4. The van der Waals surface area contributed by atoms with Gasteiger partial charge in [-0.1, -0.05) is 42.4 Å². The molecule has 3 N–H and O–H groups in total. The number of thioether (sulfide) groups is 1. The van der Waals surface area contributed by atoms with Crippen molar-refractivity contribution in [2.75, 3.05) is 16.8 Å². The van der Waals surface area contributed by atoms with Crippen molar-refractivity contribution < 1.29 is 0 Å². The third kappa shape index (κ3) is 4.26. The summed E-state index contributed by atoms with van der Waals surface area (Å²) in [6.07, 6.45) is 1.03. The third-order valence-corrected chi connectivity index (χ3v) is 4.17. The van der Waals surface area contributed by atoms with E-state index in [0.717, 1.165) is 17.7 Å². The summed E-state index contributed by atoms with van der Waals surface area (Å²) in [5.74, 6) is 1.44. The third-order valence-electron chi connectivity index (χ3n) is 2.83. The molecule has 0 aliphatic carbocycles. The van der Waals surface area contributed by atoms with E-state index in [1.54, 1.807) is 6.07 Å². The van der Waals surface area contributed by atoms with Gasteiger partial charge < -0.3 is 11.1 Å². The van der Waals surface area contributed by atoms with Crippen LogP contribution in [0, 0.1) is 11.3 Å². The number of hydrogen-bond donors (Lipinski definition) is 2. The first-order valence-corrected chi connectivity index (χ1v) is 8.19. The Balaban J connectivity index is 2.14. The number of hydrogen-bond acceptors (Lipinski definition) is 6. The van der Waals surface area contributed by atoms with Gasteiger partial charge in [0.1, 0.15) is 5.69 Å². The number of nitrogen functional groups attached to an aromatic ring is 1. The van der Waals surface area contributed by atoms with E-state index in [2.05, 4.69) is 28.3 Å². The van der Waals surface area contributed by atoms with E-state index < -0.39 is 0 Å². The Hall–Kier alpha value is -1.97. The lowest BCUT2D eigenvalue weighted by Gasteiger charge is -2.11. The van der Waals surface area contributed by atoms with Gasteiger partial charge in [0.2, 0.25) is 0 Å². The summed E-state index contributed by atoms with van der Waals surface area (Å²) < 4.78 is 0. The molecule has 0 saturated heterocycles. The summed E-state index contributed by atoms with van der Waals surface area (Å²) in [6, 6.07) is 9.47. The molecule has 22 heavy (non-hydrogen) atoms. The molecule has 114 valence electrons. The summed E-state index contributed by atoms with van der Waals surface area (Å²) in [5.41, 5.74) is 7.84. The molecule has 0 unspecified atom stereocenters. The van der Waals surface area contributed by atoms with Gasteiger partial charge in [-0.25, -0.2) is 9.97 Å². The number of nitrogens with zero attached hydrogens (tertiary/aromatic N) is 3. The minimum Gasteiger partial charge on any atom is -0.393 e. The summed E-state index contributed by atoms with van der Waals surface area (Å²) in [6.45, 7) is 2.60. The van der Waals surface area contributed by atoms with Gasteiger partial charge in [0.15, 0.2) is 16.1 Å². The minimum atomic E-state index is 0.252. The summed E-state index contributed by atoms with van der Waals surface area (Å²) in [7, 11) is 0. The minimum absolute atomic E-state index is 0.252. The SMILES string of the molecule is CCCSc1nc(Cl)c(N)c(NCc2cccc(C#N)c2)n1. The zero-order chi connectivity index (χ0) is 15.9. The van der Waals surface area contributed by atoms with Crippen LogP contribution in [-0.4, -0.2) is 15.7 Å². The van der Waals surface area contributed by atoms with E-state index in [0.29, 0.717) is 28.8 Å². The standard InChI is InChI=1S/C15H16ClN5S/c1-2-6-22-15-20-13(16)12(18)14(21-15)19-9-11-5-3-4-10(7-11)8-17/h3-5,7H,2,6,9,18H2,1H3,(H,19,20,21). The molecule has 0 bridgehead atoms. The lowest BCUT2D eigenvalue weighted by atomic mass is 10.1. The van der Waals surface area contributed by atoms with Crippen molar-refractivity contribution in [3.63, 3.8) is 0 Å². The zero-order valence-corrected chi connectivity index (χ0v) is 13.7. The van der Waals surface area contributed by atoms with Crippen LogP contribution in [0.15, 0.2) is 29.4 Å². The van der Waals surface area contributed by atoms with Gasteiger partial charge in [-0.15, -0.1) is 0 Å². The predicted molar refractivity (Wildman–Crippen MR) is 91.0 cm³/mol. The molecule has 0 saturated carbocycles. The maximum absolute atomic E-state index is 8.92. The van der Waals surface area contributed by atoms with Crippen LogP contribution in [0.3, 0.4) is 0 Å². The topological polar surface area (TPSA) is 87.6 Å². The maximum Gasteiger partial charge on any atom is 0.191 e. The summed E-state index contributed by atoms with van der Waals surface area (Å²) in [4.78, 5) is 8.56. The van der Waals surface area contributed by atoms with E-state index in [-0.39, 0.29) is 5.15 Å². The molecule has 1 aromatic heterocycles. The quantitative estimate of drug-likeness (QED) is 0.476. The number of nitrogens with two attached hydrogens (primary N) is 1. The van der Waals surface area contributed by atoms with E-state index in [1.807, 2.05) is 18.2 Å². The van der Waals surface area contributed by atoms with Crippen LogP contribution in [0.5, 0.6) is 0 Å². The van der Waals surface area contributed by atoms with Crippen molar-refractivity contribution in [1.82, 2.24) is 9.97 Å². The second-order valence-corrected chi connectivity index (χ2v) is 5.99. The average molecular weight is 334 g/mol. The lowest BCUT2D eigenvalue weighted by molar-refractivity contribution is 0.953. The largest absolute Gasteiger partial charge is 0.393 e. The van der Waals surface area contributed by atoms with Crippen LogP contribution >= 0.6 is 23.4 Å². The van der Waals surface area contributed by atoms with E-state index >= 15 is 0 Å². The molecule has 1 aromatic carbocycles. The summed E-state index contributed by atoms with van der Waals surface area (Å²) >= 11 is 7.59. The number of nitriles is 1. The molecule has 1 heterocycles. The molecule has 7 heteroatoms. The van der Waals surface area contributed by atoms with Crippen LogP contribution < -0.4 is 11.1 Å². The van der Waals surface area contributed by atoms with Crippen molar-refractivity contribution in [3.05, 3.63) is 40.5 Å². The molecule has 2 aromatic rings. The average Bonchev–Trinajstić information content (AvgIpc) is 2.54. The highest BCUT2D eigenvalue weighted by atomic mass is 35.5. The molecule has 0 spiro atoms. The fourth-order valence-corrected chi connectivity index (χ4v) is 2.67. The van der Waals surface area contributed by atoms with Gasteiger partial charge in [-0.3, -0.25) is 0 Å². The maximum atomic E-state index is 8.92. The Morgan fingerprint density at radius 2 is 2.23 bits per heavy atom. The van der Waals surface area contributed by atoms with Gasteiger partial charge in [-0.05, 0) is 24.1 Å². The monoisotopic (exact) mass is 333 g/mol. The molecule has 5 nitrogen and oxygen atoms in total. The molecule has 0 aliphatic heterocycles. The van der Waals surface area contributed by atoms with Crippen molar-refractivity contribution in [2.45, 2.75) is 25.0 Å². The molecule has 0 aliphatic rings. The molecular weight excluding hydrogens is 318 g/mol. The molecule has 0 amide bonds. The molecule has 0 fully saturated rings. The number of anilines is 2. The normalized spacial score (nSPS) is 10.2. The number of nitrogens with one attached hydrogen (secondary N) is 1. The Bertz CT molecular complexity index is 699. The molecule has 2 rings (SSSR count). The molecular formula is C15H16ClN5S. The number of aromatic nitrogens is 2. The van der Waals surface area contributed by atoms with E-state index in [9.17, 15) is 0 Å². The Labute approximate surface area is 138 Å². The van der Waals surface area contributed by atoms with Crippen LogP contribution in [-0.2, 0) is 6.54 Å². The van der Waals surface area contributed by atoms with Crippen molar-refractivity contribution in [3.8, 4) is 6.07 Å². The number of halogens is 1. The van der Waals surface area contributed by atoms with Crippen LogP contribution in [0.2, 0.25) is 5.15 Å². The smallest absolute Gasteiger partial charge is 0.191 e. The fourth-order valence-electron chi connectivity index (χ4n) is 1.75. The van der Waals surface area contributed by atoms with Gasteiger partial charge in [0.25, 0.3) is 0 Å². The molecule has 0 atom stereocenters. The van der Waals surface area contributed by atoms with Crippen molar-refractivity contribution in [2.24, 2.45) is 0 Å². The Morgan fingerprint density at radius 1 is 1.41 bits per heavy atom. The zero-order valence-electron chi connectivity index (χ0n) is 12.1. The van der Waals surface area contributed by atoms with Crippen molar-refractivity contribution >= 4 is 34.9 Å². The lowest BCUT2D eigenvalue weighted by Crippen LogP contribution is -2.07. The van der Waals surface area contributed by atoms with Crippen LogP contribution in [0.1, 0.15) is 24.5 Å². The molecule has 0 radical (unpaired) electrons. The van der Waals surface area contributed by atoms with Crippen molar-refractivity contribution in [1.29, 1.82) is 5.26 Å². The van der Waals surface area contributed by atoms with Crippen LogP contribution in [0.4, 0.5) is 11.5 Å². The Kier molecular flexibility index (Phi) is 5.87. The second-order valence-electron chi connectivity index (χ2n) is 4.57. The summed E-state index contributed by atoms with van der Waals surface area (Å²) in [5, 5.41) is 12.9. The highest BCUT2D eigenvalue weighted by Crippen LogP contribution is 2.27. The number of rotatable bonds is 6. The van der Waals surface area contributed by atoms with Gasteiger partial charge in [0, 0.05) is 12.3 Å². The van der Waals surface area contributed by atoms with Gasteiger partial charge in [0.05, 0.1) is 11.6 Å². The first-order valence-electron chi connectivity index (χ1n) is 6.82. The van der Waals surface area contributed by atoms with E-state index in [1.165, 1.54) is 11.8 Å². The van der Waals surface area contributed by atoms with E-state index in [4.69, 9.17) is 22.6 Å². The highest BCUT2D eigenvalue weighted by Gasteiger charge is 2.10. The Morgan fingerprint density at radius 3 is 2.95 bits per heavy atom. The van der Waals surface area contributed by atoms with Crippen LogP contribution in [0.25, 0.3) is 0 Å². The first-order chi connectivity index (χ1) is 10.6.